The lowest BCUT2D eigenvalue weighted by atomic mass is 10.1. The van der Waals surface area contributed by atoms with Crippen LogP contribution in [0.1, 0.15) is 34.1 Å². The maximum Gasteiger partial charge on any atom is 0.265 e. The molecule has 1 aliphatic heterocycles. The molecule has 0 saturated carbocycles. The first-order chi connectivity index (χ1) is 13.6. The summed E-state index contributed by atoms with van der Waals surface area (Å²) in [5.41, 5.74) is 0.392. The highest BCUT2D eigenvalue weighted by atomic mass is 32.2. The van der Waals surface area contributed by atoms with E-state index in [9.17, 15) is 13.2 Å². The maximum atomic E-state index is 13.0. The van der Waals surface area contributed by atoms with Gasteiger partial charge in [0.05, 0.1) is 11.7 Å². The van der Waals surface area contributed by atoms with Crippen molar-refractivity contribution in [2.45, 2.75) is 50.6 Å². The summed E-state index contributed by atoms with van der Waals surface area (Å²) in [5.74, 6) is 0.663. The van der Waals surface area contributed by atoms with Crippen LogP contribution in [0, 0.1) is 0 Å². The molecule has 1 fully saturated rings. The second-order valence-electron chi connectivity index (χ2n) is 8.11. The number of carbonyl (C=O) groups is 1. The van der Waals surface area contributed by atoms with Crippen LogP contribution in [0.4, 0.5) is 11.5 Å². The molecule has 3 rings (SSSR count). The maximum absolute atomic E-state index is 13.0. The van der Waals surface area contributed by atoms with E-state index < -0.39 is 10.0 Å². The molecular weight excluding hydrogens is 388 g/mol. The minimum atomic E-state index is -3.70. The minimum absolute atomic E-state index is 0.0480. The number of aromatic nitrogens is 1. The lowest BCUT2D eigenvalue weighted by molar-refractivity contribution is -0.131. The van der Waals surface area contributed by atoms with Crippen molar-refractivity contribution < 1.29 is 13.2 Å². The monoisotopic (exact) mass is 416 g/mol. The number of likely N-dealkylation sites (tertiary alicyclic amines) is 1. The van der Waals surface area contributed by atoms with Crippen LogP contribution in [0.2, 0.25) is 0 Å². The van der Waals surface area contributed by atoms with E-state index in [0.717, 1.165) is 0 Å². The molecule has 1 atom stereocenters. The first-order valence-electron chi connectivity index (χ1n) is 9.74. The number of hydrogen-bond acceptors (Lipinski definition) is 5. The average molecular weight is 417 g/mol. The smallest absolute Gasteiger partial charge is 0.265 e. The predicted molar refractivity (Wildman–Crippen MR) is 114 cm³/mol. The number of para-hydroxylation sites is 1. The Hall–Kier alpha value is -2.61. The summed E-state index contributed by atoms with van der Waals surface area (Å²) in [6.07, 6.45) is 1.76. The van der Waals surface area contributed by atoms with Gasteiger partial charge in [0, 0.05) is 31.2 Å². The van der Waals surface area contributed by atoms with Crippen molar-refractivity contribution in [2.75, 3.05) is 22.7 Å². The number of nitrogens with one attached hydrogen (secondary N) is 1. The topological polar surface area (TPSA) is 82.6 Å². The SMILES string of the molecule is CCN(c1ccccc1)S(=O)(=O)c1ccc(NC2CC(=O)N(C(C)(C)C)C2)nc1. The standard InChI is InChI=1S/C21H28N4O3S/c1-5-25(17-9-7-6-8-10-17)29(27,28)18-11-12-19(22-14-18)23-16-13-20(26)24(15-16)21(2,3)4/h6-12,14,16H,5,13,15H2,1-4H3,(H,22,23). The molecule has 29 heavy (non-hydrogen) atoms. The summed E-state index contributed by atoms with van der Waals surface area (Å²) in [6, 6.07) is 12.1. The molecule has 0 radical (unpaired) electrons. The first kappa shape index (κ1) is 21.1. The molecule has 1 aromatic carbocycles. The van der Waals surface area contributed by atoms with Gasteiger partial charge in [-0.25, -0.2) is 13.4 Å². The van der Waals surface area contributed by atoms with Crippen LogP contribution in [0.25, 0.3) is 0 Å². The van der Waals surface area contributed by atoms with Crippen LogP contribution in [-0.2, 0) is 14.8 Å². The van der Waals surface area contributed by atoms with Gasteiger partial charge < -0.3 is 10.2 Å². The van der Waals surface area contributed by atoms with E-state index in [1.807, 2.05) is 43.9 Å². The molecule has 1 saturated heterocycles. The molecule has 7 nitrogen and oxygen atoms in total. The van der Waals surface area contributed by atoms with E-state index >= 15 is 0 Å². The Morgan fingerprint density at radius 1 is 1.17 bits per heavy atom. The Morgan fingerprint density at radius 3 is 2.38 bits per heavy atom. The van der Waals surface area contributed by atoms with Crippen molar-refractivity contribution in [2.24, 2.45) is 0 Å². The fourth-order valence-corrected chi connectivity index (χ4v) is 4.91. The van der Waals surface area contributed by atoms with Gasteiger partial charge in [-0.1, -0.05) is 18.2 Å². The van der Waals surface area contributed by atoms with E-state index in [-0.39, 0.29) is 22.4 Å². The molecule has 1 aliphatic rings. The van der Waals surface area contributed by atoms with E-state index in [1.165, 1.54) is 10.5 Å². The fraction of sp³-hybridized carbons (Fsp3) is 0.429. The van der Waals surface area contributed by atoms with Gasteiger partial charge in [0.2, 0.25) is 5.91 Å². The number of anilines is 2. The van der Waals surface area contributed by atoms with Crippen LogP contribution in [0.3, 0.4) is 0 Å². The first-order valence-corrected chi connectivity index (χ1v) is 11.2. The van der Waals surface area contributed by atoms with Gasteiger partial charge in [-0.3, -0.25) is 9.10 Å². The van der Waals surface area contributed by atoms with E-state index in [1.54, 1.807) is 31.2 Å². The van der Waals surface area contributed by atoms with Gasteiger partial charge in [-0.15, -0.1) is 0 Å². The number of rotatable bonds is 6. The van der Waals surface area contributed by atoms with Crippen LogP contribution in [-0.4, -0.2) is 48.9 Å². The van der Waals surface area contributed by atoms with Gasteiger partial charge in [-0.05, 0) is 52.0 Å². The number of sulfonamides is 1. The molecule has 0 bridgehead atoms. The van der Waals surface area contributed by atoms with Crippen molar-refractivity contribution in [3.05, 3.63) is 48.7 Å². The molecule has 1 N–H and O–H groups in total. The summed E-state index contributed by atoms with van der Waals surface area (Å²) < 4.78 is 27.4. The van der Waals surface area contributed by atoms with Crippen molar-refractivity contribution in [3.8, 4) is 0 Å². The quantitative estimate of drug-likeness (QED) is 0.782. The van der Waals surface area contributed by atoms with E-state index in [0.29, 0.717) is 31.0 Å². The normalized spacial score (nSPS) is 17.4. The zero-order valence-electron chi connectivity index (χ0n) is 17.3. The summed E-state index contributed by atoms with van der Waals surface area (Å²) in [5, 5.41) is 3.24. The molecule has 0 spiro atoms. The molecule has 1 aromatic heterocycles. The van der Waals surface area contributed by atoms with Crippen LogP contribution < -0.4 is 9.62 Å². The number of hydrogen-bond donors (Lipinski definition) is 1. The predicted octanol–water partition coefficient (Wildman–Crippen LogP) is 3.11. The second kappa shape index (κ2) is 8.02. The third-order valence-electron chi connectivity index (χ3n) is 4.94. The Morgan fingerprint density at radius 2 is 1.86 bits per heavy atom. The molecule has 0 aliphatic carbocycles. The van der Waals surface area contributed by atoms with Crippen molar-refractivity contribution >= 4 is 27.4 Å². The lowest BCUT2D eigenvalue weighted by Gasteiger charge is -2.32. The Balaban J connectivity index is 1.74. The molecule has 2 aromatic rings. The second-order valence-corrected chi connectivity index (χ2v) is 9.97. The highest BCUT2D eigenvalue weighted by Crippen LogP contribution is 2.25. The van der Waals surface area contributed by atoms with Crippen LogP contribution in [0.15, 0.2) is 53.6 Å². The summed E-state index contributed by atoms with van der Waals surface area (Å²) in [4.78, 5) is 18.5. The molecule has 1 unspecified atom stereocenters. The van der Waals surface area contributed by atoms with Gasteiger partial charge in [0.25, 0.3) is 10.0 Å². The lowest BCUT2D eigenvalue weighted by Crippen LogP contribution is -2.43. The minimum Gasteiger partial charge on any atom is -0.365 e. The number of benzene rings is 1. The highest BCUT2D eigenvalue weighted by Gasteiger charge is 2.36. The summed E-state index contributed by atoms with van der Waals surface area (Å²) >= 11 is 0. The number of amides is 1. The third-order valence-corrected chi connectivity index (χ3v) is 6.83. The van der Waals surface area contributed by atoms with E-state index in [2.05, 4.69) is 10.3 Å². The Bertz CT molecular complexity index is 954. The summed E-state index contributed by atoms with van der Waals surface area (Å²) in [6.45, 7) is 8.75. The zero-order chi connectivity index (χ0) is 21.2. The summed E-state index contributed by atoms with van der Waals surface area (Å²) in [7, 11) is -3.70. The average Bonchev–Trinajstić information content (AvgIpc) is 3.04. The Kier molecular flexibility index (Phi) is 5.84. The highest BCUT2D eigenvalue weighted by molar-refractivity contribution is 7.92. The van der Waals surface area contributed by atoms with Crippen molar-refractivity contribution in [1.82, 2.24) is 9.88 Å². The number of nitrogens with zero attached hydrogens (tertiary/aromatic N) is 3. The fourth-order valence-electron chi connectivity index (χ4n) is 3.49. The Labute approximate surface area is 172 Å². The van der Waals surface area contributed by atoms with Crippen molar-refractivity contribution in [1.29, 1.82) is 0 Å². The van der Waals surface area contributed by atoms with Gasteiger partial charge in [0.1, 0.15) is 10.7 Å². The van der Waals surface area contributed by atoms with Crippen molar-refractivity contribution in [3.63, 3.8) is 0 Å². The van der Waals surface area contributed by atoms with Gasteiger partial charge in [0.15, 0.2) is 0 Å². The van der Waals surface area contributed by atoms with Gasteiger partial charge >= 0.3 is 0 Å². The molecule has 8 heteroatoms. The van der Waals surface area contributed by atoms with E-state index in [4.69, 9.17) is 0 Å². The number of carbonyl (C=O) groups excluding carboxylic acids is 1. The largest absolute Gasteiger partial charge is 0.365 e. The van der Waals surface area contributed by atoms with Gasteiger partial charge in [-0.2, -0.15) is 0 Å². The number of pyridine rings is 1. The molecular formula is C21H28N4O3S. The molecule has 1 amide bonds. The molecule has 156 valence electrons. The third kappa shape index (κ3) is 4.53. The molecule has 2 heterocycles. The van der Waals surface area contributed by atoms with Crippen LogP contribution in [0.5, 0.6) is 0 Å². The van der Waals surface area contributed by atoms with Crippen LogP contribution >= 0.6 is 0 Å². The zero-order valence-corrected chi connectivity index (χ0v) is 18.1.